The lowest BCUT2D eigenvalue weighted by Crippen LogP contribution is -2.53. The summed E-state index contributed by atoms with van der Waals surface area (Å²) < 4.78 is 9.71. The van der Waals surface area contributed by atoms with E-state index in [1.807, 2.05) is 24.3 Å². The average molecular weight is 547 g/mol. The van der Waals surface area contributed by atoms with Crippen LogP contribution in [-0.4, -0.2) is 46.6 Å². The van der Waals surface area contributed by atoms with Gasteiger partial charge < -0.3 is 14.4 Å². The van der Waals surface area contributed by atoms with E-state index >= 15 is 0 Å². The number of carbonyl (C=O) groups is 2. The first-order valence-corrected chi connectivity index (χ1v) is 10.8. The predicted octanol–water partition coefficient (Wildman–Crippen LogP) is 4.91. The van der Waals surface area contributed by atoms with Gasteiger partial charge in [-0.2, -0.15) is 0 Å². The van der Waals surface area contributed by atoms with Crippen LogP contribution < -0.4 is 0 Å². The van der Waals surface area contributed by atoms with Crippen molar-refractivity contribution >= 4 is 69.5 Å². The third-order valence-corrected chi connectivity index (χ3v) is 6.31. The summed E-state index contributed by atoms with van der Waals surface area (Å²) in [6, 6.07) is 7.82. The fourth-order valence-electron chi connectivity index (χ4n) is 4.22. The minimum Gasteiger partial charge on any atom is -0.469 e. The van der Waals surface area contributed by atoms with Crippen LogP contribution in [0.25, 0.3) is 0 Å². The van der Waals surface area contributed by atoms with Gasteiger partial charge >= 0.3 is 12.1 Å². The van der Waals surface area contributed by atoms with Crippen LogP contribution in [0.15, 0.2) is 24.3 Å². The molecule has 1 aromatic rings. The van der Waals surface area contributed by atoms with Gasteiger partial charge in [0.1, 0.15) is 6.61 Å². The number of alkyl halides is 3. The van der Waals surface area contributed by atoms with Gasteiger partial charge in [-0.1, -0.05) is 46.9 Å². The molecule has 0 aliphatic carbocycles. The molecule has 0 N–H and O–H groups in total. The van der Waals surface area contributed by atoms with Crippen molar-refractivity contribution < 1.29 is 19.1 Å². The number of methoxy groups -OCH3 is 1. The van der Waals surface area contributed by atoms with Gasteiger partial charge in [0.25, 0.3) is 0 Å². The van der Waals surface area contributed by atoms with E-state index in [4.69, 9.17) is 44.3 Å². The third kappa shape index (κ3) is 4.77. The molecule has 1 aromatic carbocycles. The van der Waals surface area contributed by atoms with Crippen molar-refractivity contribution in [2.24, 2.45) is 5.92 Å². The van der Waals surface area contributed by atoms with E-state index in [0.717, 1.165) is 15.6 Å². The molecule has 0 unspecified atom stereocenters. The highest BCUT2D eigenvalue weighted by molar-refractivity contribution is 14.1. The molecule has 3 rings (SSSR count). The Balaban J connectivity index is 1.85. The van der Waals surface area contributed by atoms with Crippen LogP contribution >= 0.6 is 57.4 Å². The molecular weight excluding hydrogens is 527 g/mol. The molecule has 2 saturated heterocycles. The van der Waals surface area contributed by atoms with Gasteiger partial charge in [0.15, 0.2) is 0 Å². The monoisotopic (exact) mass is 545 g/mol. The number of ether oxygens (including phenoxy) is 2. The van der Waals surface area contributed by atoms with Crippen molar-refractivity contribution in [1.82, 2.24) is 4.90 Å². The van der Waals surface area contributed by atoms with Crippen LogP contribution in [0.3, 0.4) is 0 Å². The van der Waals surface area contributed by atoms with Crippen molar-refractivity contribution in [3.8, 4) is 0 Å². The standard InChI is InChI=1S/C18H19Cl3INO4/c1-26-16(24)15-13(10-2-4-11(22)5-3-10)8-12-6-7-14(15)23(12)17(25)27-9-18(19,20)21/h2-5,12-15H,6-9H2,1H3/t12-,13+,14+,15-/m0/s1. The maximum absolute atomic E-state index is 12.6. The van der Waals surface area contributed by atoms with E-state index in [0.29, 0.717) is 12.8 Å². The van der Waals surface area contributed by atoms with Crippen LogP contribution in [0.4, 0.5) is 4.79 Å². The molecule has 0 spiro atoms. The third-order valence-electron chi connectivity index (χ3n) is 5.26. The Morgan fingerprint density at radius 1 is 1.22 bits per heavy atom. The zero-order chi connectivity index (χ0) is 19.8. The maximum Gasteiger partial charge on any atom is 0.410 e. The van der Waals surface area contributed by atoms with Gasteiger partial charge in [-0.25, -0.2) is 4.79 Å². The molecule has 1 amide bonds. The molecule has 2 heterocycles. The van der Waals surface area contributed by atoms with Crippen molar-refractivity contribution in [2.45, 2.75) is 41.1 Å². The van der Waals surface area contributed by atoms with Gasteiger partial charge in [0.05, 0.1) is 13.0 Å². The fraction of sp³-hybridized carbons (Fsp3) is 0.556. The summed E-state index contributed by atoms with van der Waals surface area (Å²) in [4.78, 5) is 26.9. The van der Waals surface area contributed by atoms with Gasteiger partial charge in [0.2, 0.25) is 3.79 Å². The van der Waals surface area contributed by atoms with E-state index in [9.17, 15) is 9.59 Å². The lowest BCUT2D eigenvalue weighted by atomic mass is 9.76. The largest absolute Gasteiger partial charge is 0.469 e. The minimum absolute atomic E-state index is 0.0100. The Kier molecular flexibility index (Phi) is 6.71. The van der Waals surface area contributed by atoms with Crippen LogP contribution in [0, 0.1) is 9.49 Å². The predicted molar refractivity (Wildman–Crippen MR) is 112 cm³/mol. The molecule has 4 atom stereocenters. The molecule has 5 nitrogen and oxygen atoms in total. The summed E-state index contributed by atoms with van der Waals surface area (Å²) >= 11 is 19.3. The summed E-state index contributed by atoms with van der Waals surface area (Å²) in [5, 5.41) is 0. The number of amides is 1. The van der Waals surface area contributed by atoms with Crippen molar-refractivity contribution in [3.05, 3.63) is 33.4 Å². The number of hydrogen-bond acceptors (Lipinski definition) is 4. The van der Waals surface area contributed by atoms with Gasteiger partial charge in [-0.05, 0) is 59.5 Å². The number of hydrogen-bond donors (Lipinski definition) is 0. The van der Waals surface area contributed by atoms with Crippen LogP contribution in [0.2, 0.25) is 0 Å². The van der Waals surface area contributed by atoms with E-state index in [1.54, 1.807) is 4.90 Å². The maximum atomic E-state index is 12.6. The molecule has 2 aliphatic rings. The van der Waals surface area contributed by atoms with Gasteiger partial charge in [0, 0.05) is 21.6 Å². The highest BCUT2D eigenvalue weighted by atomic mass is 127. The number of esters is 1. The lowest BCUT2D eigenvalue weighted by Gasteiger charge is -2.43. The quantitative estimate of drug-likeness (QED) is 0.307. The second kappa shape index (κ2) is 8.51. The summed E-state index contributed by atoms with van der Waals surface area (Å²) in [5.74, 6) is -0.777. The molecule has 0 aromatic heterocycles. The molecule has 0 saturated carbocycles. The summed E-state index contributed by atoms with van der Waals surface area (Å²) in [6.45, 7) is -0.337. The first-order chi connectivity index (χ1) is 12.7. The van der Waals surface area contributed by atoms with Crippen molar-refractivity contribution in [2.75, 3.05) is 13.7 Å². The van der Waals surface area contributed by atoms with Crippen LogP contribution in [0.5, 0.6) is 0 Å². The normalized spacial score (nSPS) is 27.4. The lowest BCUT2D eigenvalue weighted by molar-refractivity contribution is -0.150. The Morgan fingerprint density at radius 2 is 1.89 bits per heavy atom. The minimum atomic E-state index is -1.67. The number of fused-ring (bicyclic) bond motifs is 2. The van der Waals surface area contributed by atoms with E-state index in [-0.39, 0.29) is 30.6 Å². The molecule has 2 fully saturated rings. The molecule has 9 heteroatoms. The Bertz CT molecular complexity index is 710. The second-order valence-electron chi connectivity index (χ2n) is 6.82. The first kappa shape index (κ1) is 21.3. The Morgan fingerprint density at radius 3 is 2.48 bits per heavy atom. The van der Waals surface area contributed by atoms with Crippen molar-refractivity contribution in [3.63, 3.8) is 0 Å². The highest BCUT2D eigenvalue weighted by Crippen LogP contribution is 2.47. The second-order valence-corrected chi connectivity index (χ2v) is 10.6. The van der Waals surface area contributed by atoms with Gasteiger partial charge in [-0.3, -0.25) is 4.79 Å². The number of rotatable bonds is 3. The van der Waals surface area contributed by atoms with E-state index < -0.39 is 15.8 Å². The molecule has 0 radical (unpaired) electrons. The molecule has 2 aliphatic heterocycles. The highest BCUT2D eigenvalue weighted by Gasteiger charge is 2.53. The van der Waals surface area contributed by atoms with E-state index in [2.05, 4.69) is 22.6 Å². The number of benzene rings is 1. The summed E-state index contributed by atoms with van der Waals surface area (Å²) in [5.41, 5.74) is 1.08. The zero-order valence-corrected chi connectivity index (χ0v) is 19.0. The molecule has 148 valence electrons. The average Bonchev–Trinajstić information content (AvgIpc) is 2.93. The zero-order valence-electron chi connectivity index (χ0n) is 14.5. The Labute approximate surface area is 186 Å². The molecule has 2 bridgehead atoms. The molecule has 27 heavy (non-hydrogen) atoms. The van der Waals surface area contributed by atoms with E-state index in [1.165, 1.54) is 7.11 Å². The van der Waals surface area contributed by atoms with Gasteiger partial charge in [-0.15, -0.1) is 0 Å². The topological polar surface area (TPSA) is 55.8 Å². The summed E-state index contributed by atoms with van der Waals surface area (Å²) in [7, 11) is 1.37. The smallest absolute Gasteiger partial charge is 0.410 e. The van der Waals surface area contributed by atoms with Crippen molar-refractivity contribution in [1.29, 1.82) is 0 Å². The summed E-state index contributed by atoms with van der Waals surface area (Å²) in [6.07, 6.45) is 1.64. The van der Waals surface area contributed by atoms with Crippen LogP contribution in [-0.2, 0) is 14.3 Å². The number of carbonyl (C=O) groups excluding carboxylic acids is 2. The van der Waals surface area contributed by atoms with Crippen LogP contribution in [0.1, 0.15) is 30.7 Å². The fourth-order valence-corrected chi connectivity index (χ4v) is 4.74. The Hall–Kier alpha value is -0.440. The first-order valence-electron chi connectivity index (χ1n) is 8.56. The number of nitrogens with zero attached hydrogens (tertiary/aromatic N) is 1. The number of halogens is 4. The number of piperidine rings is 1. The molecular formula is C18H19Cl3INO4. The SMILES string of the molecule is COC(=O)[C@H]1[C@@H](c2ccc(I)cc2)C[C@@H]2CC[C@H]1N2C(=O)OCC(Cl)(Cl)Cl.